The number of hydrogen-bond donors (Lipinski definition) is 2. The number of nitrogens with one attached hydrogen (secondary N) is 2. The van der Waals surface area contributed by atoms with E-state index in [1.807, 2.05) is 17.5 Å². The average Bonchev–Trinajstić information content (AvgIpc) is 3.56. The highest BCUT2D eigenvalue weighted by Gasteiger charge is 2.36. The van der Waals surface area contributed by atoms with Crippen molar-refractivity contribution in [2.24, 2.45) is 0 Å². The molecule has 2 N–H and O–H groups in total. The minimum atomic E-state index is -4.77. The molecule has 34 heavy (non-hydrogen) atoms. The molecule has 0 spiro atoms. The van der Waals surface area contributed by atoms with Gasteiger partial charge in [-0.2, -0.15) is 18.3 Å². The SMILES string of the molecule is O=C(NCc1cccs1)c1nc2c(C(F)(F)F)cc(-c3cccc(F)c3)cn2c1-c1cn[nH]c1. The second-order valence-electron chi connectivity index (χ2n) is 7.40. The maximum Gasteiger partial charge on any atom is 0.420 e. The number of rotatable bonds is 5. The van der Waals surface area contributed by atoms with Crippen LogP contribution in [0.5, 0.6) is 0 Å². The van der Waals surface area contributed by atoms with Crippen LogP contribution in [0.1, 0.15) is 20.9 Å². The molecule has 6 nitrogen and oxygen atoms in total. The number of imidazole rings is 1. The Morgan fingerprint density at radius 2 is 1.97 bits per heavy atom. The van der Waals surface area contributed by atoms with Crippen LogP contribution in [0.3, 0.4) is 0 Å². The molecule has 0 saturated carbocycles. The van der Waals surface area contributed by atoms with E-state index in [9.17, 15) is 22.4 Å². The summed E-state index contributed by atoms with van der Waals surface area (Å²) < 4.78 is 57.2. The van der Waals surface area contributed by atoms with E-state index in [4.69, 9.17) is 0 Å². The monoisotopic (exact) mass is 485 g/mol. The molecule has 5 rings (SSSR count). The van der Waals surface area contributed by atoms with E-state index < -0.39 is 29.1 Å². The predicted octanol–water partition coefficient (Wildman–Crippen LogP) is 5.54. The molecule has 0 aliphatic rings. The fourth-order valence-electron chi connectivity index (χ4n) is 3.66. The Kier molecular flexibility index (Phi) is 5.40. The number of H-pyrrole nitrogens is 1. The predicted molar refractivity (Wildman–Crippen MR) is 119 cm³/mol. The summed E-state index contributed by atoms with van der Waals surface area (Å²) in [6.45, 7) is 0.204. The molecular formula is C23H15F4N5OS. The minimum Gasteiger partial charge on any atom is -0.346 e. The zero-order valence-corrected chi connectivity index (χ0v) is 18.0. The van der Waals surface area contributed by atoms with Crippen LogP contribution in [0.2, 0.25) is 0 Å². The lowest BCUT2D eigenvalue weighted by atomic mass is 10.0. The fraction of sp³-hybridized carbons (Fsp3) is 0.0870. The number of halogens is 4. The second-order valence-corrected chi connectivity index (χ2v) is 8.43. The third kappa shape index (κ3) is 4.05. The van der Waals surface area contributed by atoms with Crippen molar-refractivity contribution in [2.45, 2.75) is 12.7 Å². The lowest BCUT2D eigenvalue weighted by Gasteiger charge is -2.12. The van der Waals surface area contributed by atoms with E-state index in [0.717, 1.165) is 17.0 Å². The highest BCUT2D eigenvalue weighted by Crippen LogP contribution is 2.38. The normalized spacial score (nSPS) is 11.8. The number of thiophene rings is 1. The Labute approximate surface area is 193 Å². The van der Waals surface area contributed by atoms with Crippen molar-refractivity contribution >= 4 is 22.9 Å². The average molecular weight is 485 g/mol. The molecule has 172 valence electrons. The molecule has 4 aromatic heterocycles. The van der Waals surface area contributed by atoms with Gasteiger partial charge in [-0.3, -0.25) is 14.3 Å². The molecule has 0 bridgehead atoms. The molecule has 0 radical (unpaired) electrons. The largest absolute Gasteiger partial charge is 0.420 e. The van der Waals surface area contributed by atoms with Crippen LogP contribution >= 0.6 is 11.3 Å². The summed E-state index contributed by atoms with van der Waals surface area (Å²) in [6.07, 6.45) is -0.512. The van der Waals surface area contributed by atoms with E-state index in [0.29, 0.717) is 5.56 Å². The van der Waals surface area contributed by atoms with Crippen LogP contribution in [0, 0.1) is 5.82 Å². The number of aromatic amines is 1. The molecule has 0 unspecified atom stereocenters. The number of amides is 1. The van der Waals surface area contributed by atoms with Gasteiger partial charge in [-0.1, -0.05) is 18.2 Å². The van der Waals surface area contributed by atoms with Gasteiger partial charge in [-0.25, -0.2) is 9.37 Å². The second kappa shape index (κ2) is 8.41. The minimum absolute atomic E-state index is 0.118. The van der Waals surface area contributed by atoms with Gasteiger partial charge >= 0.3 is 6.18 Å². The standard InChI is InChI=1S/C23H15F4N5OS/c24-16-4-1-3-13(7-16)14-8-18(23(25,26)27)21-31-19(22(33)28-11-17-5-2-6-34-17)20(32(21)12-14)15-9-29-30-10-15/h1-10,12H,11H2,(H,28,33)(H,29,30). The van der Waals surface area contributed by atoms with Crippen molar-refractivity contribution in [1.82, 2.24) is 24.9 Å². The summed E-state index contributed by atoms with van der Waals surface area (Å²) in [5.74, 6) is -1.21. The van der Waals surface area contributed by atoms with E-state index >= 15 is 0 Å². The smallest absolute Gasteiger partial charge is 0.346 e. The van der Waals surface area contributed by atoms with Gasteiger partial charge in [0.05, 0.1) is 24.0 Å². The Balaban J connectivity index is 1.73. The lowest BCUT2D eigenvalue weighted by Crippen LogP contribution is -2.23. The summed E-state index contributed by atoms with van der Waals surface area (Å²) >= 11 is 1.44. The first-order valence-corrected chi connectivity index (χ1v) is 10.9. The molecule has 5 aromatic rings. The third-order valence-electron chi connectivity index (χ3n) is 5.17. The number of carbonyl (C=O) groups is 1. The molecule has 1 aromatic carbocycles. The first kappa shape index (κ1) is 21.8. The summed E-state index contributed by atoms with van der Waals surface area (Å²) in [5.41, 5.74) is -0.786. The first-order valence-electron chi connectivity index (χ1n) is 10.0. The van der Waals surface area contributed by atoms with E-state index in [-0.39, 0.29) is 29.1 Å². The van der Waals surface area contributed by atoms with Crippen LogP contribution in [-0.4, -0.2) is 25.5 Å². The van der Waals surface area contributed by atoms with Gasteiger partial charge < -0.3 is 5.32 Å². The van der Waals surface area contributed by atoms with Crippen molar-refractivity contribution in [1.29, 1.82) is 0 Å². The Hall–Kier alpha value is -3.99. The molecule has 0 fully saturated rings. The zero-order valence-electron chi connectivity index (χ0n) is 17.2. The first-order chi connectivity index (χ1) is 16.3. The Morgan fingerprint density at radius 1 is 1.12 bits per heavy atom. The fourth-order valence-corrected chi connectivity index (χ4v) is 4.30. The highest BCUT2D eigenvalue weighted by molar-refractivity contribution is 7.09. The molecular weight excluding hydrogens is 470 g/mol. The van der Waals surface area contributed by atoms with Crippen LogP contribution in [-0.2, 0) is 12.7 Å². The molecule has 4 heterocycles. The molecule has 0 saturated heterocycles. The van der Waals surface area contributed by atoms with Gasteiger partial charge in [-0.05, 0) is 40.8 Å². The van der Waals surface area contributed by atoms with Crippen molar-refractivity contribution < 1.29 is 22.4 Å². The topological polar surface area (TPSA) is 75.1 Å². The number of pyridine rings is 1. The van der Waals surface area contributed by atoms with Crippen molar-refractivity contribution in [2.75, 3.05) is 0 Å². The summed E-state index contributed by atoms with van der Waals surface area (Å²) in [4.78, 5) is 18.0. The molecule has 0 atom stereocenters. The quantitative estimate of drug-likeness (QED) is 0.321. The van der Waals surface area contributed by atoms with Gasteiger partial charge in [0.1, 0.15) is 5.82 Å². The number of alkyl halides is 3. The summed E-state index contributed by atoms with van der Waals surface area (Å²) in [6, 6.07) is 9.84. The maximum atomic E-state index is 14.1. The molecule has 1 amide bonds. The molecule has 0 aliphatic heterocycles. The van der Waals surface area contributed by atoms with Gasteiger partial charge in [0.25, 0.3) is 5.91 Å². The Morgan fingerprint density at radius 3 is 2.65 bits per heavy atom. The molecule has 11 heteroatoms. The number of benzene rings is 1. The van der Waals surface area contributed by atoms with E-state index in [1.54, 1.807) is 0 Å². The third-order valence-corrected chi connectivity index (χ3v) is 6.05. The highest BCUT2D eigenvalue weighted by atomic mass is 32.1. The number of aromatic nitrogens is 4. The number of nitrogens with zero attached hydrogens (tertiary/aromatic N) is 3. The van der Waals surface area contributed by atoms with Gasteiger partial charge in [0.2, 0.25) is 0 Å². The van der Waals surface area contributed by atoms with Crippen LogP contribution in [0.15, 0.2) is 66.4 Å². The number of carbonyl (C=O) groups excluding carboxylic acids is 1. The Bertz CT molecular complexity index is 1470. The zero-order chi connectivity index (χ0) is 23.9. The van der Waals surface area contributed by atoms with Crippen molar-refractivity contribution in [3.05, 3.63) is 88.4 Å². The molecule has 0 aliphatic carbocycles. The number of fused-ring (bicyclic) bond motifs is 1. The van der Waals surface area contributed by atoms with Gasteiger partial charge in [0.15, 0.2) is 11.3 Å². The number of hydrogen-bond acceptors (Lipinski definition) is 4. The lowest BCUT2D eigenvalue weighted by molar-refractivity contribution is -0.136. The van der Waals surface area contributed by atoms with Crippen molar-refractivity contribution in [3.8, 4) is 22.4 Å². The van der Waals surface area contributed by atoms with E-state index in [2.05, 4.69) is 20.5 Å². The van der Waals surface area contributed by atoms with E-state index in [1.165, 1.54) is 52.5 Å². The van der Waals surface area contributed by atoms with Gasteiger partial charge in [-0.15, -0.1) is 11.3 Å². The van der Waals surface area contributed by atoms with Crippen molar-refractivity contribution in [3.63, 3.8) is 0 Å². The summed E-state index contributed by atoms with van der Waals surface area (Å²) in [7, 11) is 0. The summed E-state index contributed by atoms with van der Waals surface area (Å²) in [5, 5.41) is 11.0. The van der Waals surface area contributed by atoms with Crippen LogP contribution in [0.25, 0.3) is 28.0 Å². The maximum absolute atomic E-state index is 14.1. The van der Waals surface area contributed by atoms with Crippen LogP contribution < -0.4 is 5.32 Å². The van der Waals surface area contributed by atoms with Gasteiger partial charge in [0, 0.05) is 22.8 Å². The van der Waals surface area contributed by atoms with Crippen LogP contribution in [0.4, 0.5) is 17.6 Å².